The second kappa shape index (κ2) is 4.03. The van der Waals surface area contributed by atoms with Crippen LogP contribution in [0.3, 0.4) is 0 Å². The number of rotatable bonds is 1. The predicted molar refractivity (Wildman–Crippen MR) is 45.1 cm³/mol. The SMILES string of the molecule is N#CCc1cc(C#N)c(F)c(C#N)c1. The van der Waals surface area contributed by atoms with Gasteiger partial charge in [0.15, 0.2) is 5.82 Å². The van der Waals surface area contributed by atoms with E-state index in [1.54, 1.807) is 12.1 Å². The van der Waals surface area contributed by atoms with Crippen molar-refractivity contribution in [3.05, 3.63) is 34.6 Å². The molecule has 0 aliphatic rings. The van der Waals surface area contributed by atoms with Crippen molar-refractivity contribution in [3.63, 3.8) is 0 Å². The summed E-state index contributed by atoms with van der Waals surface area (Å²) < 4.78 is 13.2. The lowest BCUT2D eigenvalue weighted by molar-refractivity contribution is 0.619. The van der Waals surface area contributed by atoms with E-state index in [2.05, 4.69) is 0 Å². The molecule has 0 fully saturated rings. The second-order valence-corrected chi connectivity index (χ2v) is 2.56. The van der Waals surface area contributed by atoms with Crippen LogP contribution in [0.1, 0.15) is 16.7 Å². The van der Waals surface area contributed by atoms with Gasteiger partial charge >= 0.3 is 0 Å². The first kappa shape index (κ1) is 9.71. The molecule has 0 aliphatic carbocycles. The van der Waals surface area contributed by atoms with Crippen LogP contribution in [0.15, 0.2) is 12.1 Å². The monoisotopic (exact) mass is 185 g/mol. The Labute approximate surface area is 80.2 Å². The van der Waals surface area contributed by atoms with E-state index in [1.165, 1.54) is 12.1 Å². The molecule has 0 bridgehead atoms. The summed E-state index contributed by atoms with van der Waals surface area (Å²) in [6.07, 6.45) is 0.0592. The van der Waals surface area contributed by atoms with Gasteiger partial charge in [-0.3, -0.25) is 0 Å². The summed E-state index contributed by atoms with van der Waals surface area (Å²) in [5, 5.41) is 25.5. The van der Waals surface area contributed by atoms with Crippen LogP contribution in [-0.4, -0.2) is 0 Å². The van der Waals surface area contributed by atoms with Gasteiger partial charge in [-0.05, 0) is 17.7 Å². The van der Waals surface area contributed by atoms with Gasteiger partial charge in [0.25, 0.3) is 0 Å². The highest BCUT2D eigenvalue weighted by atomic mass is 19.1. The Bertz CT molecular complexity index is 451. The number of halogens is 1. The molecule has 0 aliphatic heterocycles. The Kier molecular flexibility index (Phi) is 2.79. The number of hydrogen-bond acceptors (Lipinski definition) is 3. The molecule has 0 N–H and O–H groups in total. The van der Waals surface area contributed by atoms with Crippen molar-refractivity contribution in [2.75, 3.05) is 0 Å². The van der Waals surface area contributed by atoms with Crippen molar-refractivity contribution in [2.24, 2.45) is 0 Å². The Morgan fingerprint density at radius 2 is 1.57 bits per heavy atom. The van der Waals surface area contributed by atoms with Gasteiger partial charge in [-0.25, -0.2) is 4.39 Å². The summed E-state index contributed by atoms with van der Waals surface area (Å²) in [5.74, 6) is -0.823. The minimum atomic E-state index is -0.823. The van der Waals surface area contributed by atoms with Crippen LogP contribution in [0.25, 0.3) is 0 Å². The molecule has 1 aromatic rings. The maximum Gasteiger partial charge on any atom is 0.158 e. The Balaban J connectivity index is 3.37. The third kappa shape index (κ3) is 1.68. The van der Waals surface area contributed by atoms with E-state index in [0.29, 0.717) is 5.56 Å². The summed E-state index contributed by atoms with van der Waals surface area (Å²) >= 11 is 0. The molecule has 0 unspecified atom stereocenters. The minimum Gasteiger partial charge on any atom is -0.204 e. The molecule has 1 aromatic carbocycles. The molecule has 4 heteroatoms. The van der Waals surface area contributed by atoms with E-state index in [0.717, 1.165) is 0 Å². The van der Waals surface area contributed by atoms with Crippen LogP contribution in [0, 0.1) is 39.8 Å². The van der Waals surface area contributed by atoms with Gasteiger partial charge in [0, 0.05) is 0 Å². The van der Waals surface area contributed by atoms with Gasteiger partial charge < -0.3 is 0 Å². The van der Waals surface area contributed by atoms with E-state index in [9.17, 15) is 4.39 Å². The van der Waals surface area contributed by atoms with Gasteiger partial charge in [-0.1, -0.05) is 0 Å². The summed E-state index contributed by atoms with van der Waals surface area (Å²) in [5.41, 5.74) is 0.0746. The number of nitrogens with zero attached hydrogens (tertiary/aromatic N) is 3. The van der Waals surface area contributed by atoms with Crippen LogP contribution < -0.4 is 0 Å². The van der Waals surface area contributed by atoms with Crippen LogP contribution in [-0.2, 0) is 6.42 Å². The number of hydrogen-bond donors (Lipinski definition) is 0. The van der Waals surface area contributed by atoms with E-state index in [1.807, 2.05) is 6.07 Å². The zero-order chi connectivity index (χ0) is 10.6. The summed E-state index contributed by atoms with van der Waals surface area (Å²) in [6, 6.07) is 7.69. The van der Waals surface area contributed by atoms with E-state index < -0.39 is 5.82 Å². The van der Waals surface area contributed by atoms with E-state index in [-0.39, 0.29) is 17.5 Å². The molecule has 66 valence electrons. The first-order chi connectivity index (χ1) is 6.72. The van der Waals surface area contributed by atoms with Gasteiger partial charge in [0.1, 0.15) is 12.1 Å². The smallest absolute Gasteiger partial charge is 0.158 e. The average Bonchev–Trinajstić information content (AvgIpc) is 2.20. The van der Waals surface area contributed by atoms with Gasteiger partial charge in [0.05, 0.1) is 23.6 Å². The predicted octanol–water partition coefficient (Wildman–Crippen LogP) is 1.64. The highest BCUT2D eigenvalue weighted by Crippen LogP contribution is 2.15. The van der Waals surface area contributed by atoms with Gasteiger partial charge in [-0.2, -0.15) is 15.8 Å². The third-order valence-corrected chi connectivity index (χ3v) is 1.66. The molecule has 0 atom stereocenters. The summed E-state index contributed by atoms with van der Waals surface area (Å²) in [6.45, 7) is 0. The van der Waals surface area contributed by atoms with Crippen molar-refractivity contribution in [2.45, 2.75) is 6.42 Å². The largest absolute Gasteiger partial charge is 0.204 e. The molecule has 0 radical (unpaired) electrons. The summed E-state index contributed by atoms with van der Waals surface area (Å²) in [7, 11) is 0. The first-order valence-electron chi connectivity index (χ1n) is 3.72. The summed E-state index contributed by atoms with van der Waals surface area (Å²) in [4.78, 5) is 0. The van der Waals surface area contributed by atoms with Crippen LogP contribution in [0.4, 0.5) is 4.39 Å². The zero-order valence-electron chi connectivity index (χ0n) is 7.08. The maximum absolute atomic E-state index is 13.2. The van der Waals surface area contributed by atoms with Crippen molar-refractivity contribution in [1.82, 2.24) is 0 Å². The van der Waals surface area contributed by atoms with Crippen LogP contribution >= 0.6 is 0 Å². The molecule has 0 aromatic heterocycles. The van der Waals surface area contributed by atoms with Gasteiger partial charge in [-0.15, -0.1) is 0 Å². The standard InChI is InChI=1S/C10H4FN3/c11-10-8(5-13)3-7(1-2-12)4-9(10)6-14/h3-4H,1H2. The molecular weight excluding hydrogens is 181 g/mol. The maximum atomic E-state index is 13.2. The lowest BCUT2D eigenvalue weighted by atomic mass is 10.0. The molecular formula is C10H4FN3. The molecule has 0 saturated carbocycles. The molecule has 1 rings (SSSR count). The Hall–Kier alpha value is -2.38. The Morgan fingerprint density at radius 1 is 1.07 bits per heavy atom. The molecule has 0 heterocycles. The number of benzene rings is 1. The van der Waals surface area contributed by atoms with Crippen molar-refractivity contribution >= 4 is 0 Å². The molecule has 0 spiro atoms. The third-order valence-electron chi connectivity index (χ3n) is 1.66. The first-order valence-corrected chi connectivity index (χ1v) is 3.72. The van der Waals surface area contributed by atoms with Crippen LogP contribution in [0.2, 0.25) is 0 Å². The molecule has 14 heavy (non-hydrogen) atoms. The fourth-order valence-electron chi connectivity index (χ4n) is 1.04. The topological polar surface area (TPSA) is 71.4 Å². The quantitative estimate of drug-likeness (QED) is 0.667. The minimum absolute atomic E-state index is 0.0592. The lowest BCUT2D eigenvalue weighted by Gasteiger charge is -1.99. The van der Waals surface area contributed by atoms with Crippen molar-refractivity contribution in [1.29, 1.82) is 15.8 Å². The van der Waals surface area contributed by atoms with E-state index >= 15 is 0 Å². The highest BCUT2D eigenvalue weighted by Gasteiger charge is 2.09. The molecule has 0 saturated heterocycles. The lowest BCUT2D eigenvalue weighted by Crippen LogP contribution is -1.93. The highest BCUT2D eigenvalue weighted by molar-refractivity contribution is 5.44. The molecule has 0 amide bonds. The van der Waals surface area contributed by atoms with E-state index in [4.69, 9.17) is 15.8 Å². The van der Waals surface area contributed by atoms with Crippen LogP contribution in [0.5, 0.6) is 0 Å². The van der Waals surface area contributed by atoms with Gasteiger partial charge in [0.2, 0.25) is 0 Å². The molecule has 3 nitrogen and oxygen atoms in total. The number of nitriles is 3. The fraction of sp³-hybridized carbons (Fsp3) is 0.100. The zero-order valence-corrected chi connectivity index (χ0v) is 7.08. The van der Waals surface area contributed by atoms with Crippen molar-refractivity contribution < 1.29 is 4.39 Å². The fourth-order valence-corrected chi connectivity index (χ4v) is 1.04. The normalized spacial score (nSPS) is 8.43. The second-order valence-electron chi connectivity index (χ2n) is 2.56. The van der Waals surface area contributed by atoms with Crippen molar-refractivity contribution in [3.8, 4) is 18.2 Å². The Morgan fingerprint density at radius 3 is 1.93 bits per heavy atom. The average molecular weight is 185 g/mol.